The van der Waals surface area contributed by atoms with E-state index in [0.717, 1.165) is 29.5 Å². The average Bonchev–Trinajstić information content (AvgIpc) is 2.72. The highest BCUT2D eigenvalue weighted by atomic mass is 32.1. The molecule has 0 unspecified atom stereocenters. The highest BCUT2D eigenvalue weighted by molar-refractivity contribution is 7.15. The SMILES string of the molecule is Cc1nc(-c2ccncn2)sc1CNCC(C)C. The van der Waals surface area contributed by atoms with Gasteiger partial charge in [-0.05, 0) is 25.5 Å². The van der Waals surface area contributed by atoms with Crippen molar-refractivity contribution < 1.29 is 0 Å². The minimum absolute atomic E-state index is 0.666. The maximum atomic E-state index is 4.57. The van der Waals surface area contributed by atoms with Gasteiger partial charge in [0.25, 0.3) is 0 Å². The van der Waals surface area contributed by atoms with Gasteiger partial charge in [-0.2, -0.15) is 0 Å². The van der Waals surface area contributed by atoms with Crippen molar-refractivity contribution in [2.45, 2.75) is 27.3 Å². The van der Waals surface area contributed by atoms with Crippen molar-refractivity contribution in [2.75, 3.05) is 6.54 Å². The number of hydrogen-bond donors (Lipinski definition) is 1. The molecular weight excluding hydrogens is 244 g/mol. The number of rotatable bonds is 5. The summed E-state index contributed by atoms with van der Waals surface area (Å²) < 4.78 is 0. The van der Waals surface area contributed by atoms with Crippen LogP contribution in [0.5, 0.6) is 0 Å². The molecule has 96 valence electrons. The highest BCUT2D eigenvalue weighted by Gasteiger charge is 2.09. The summed E-state index contributed by atoms with van der Waals surface area (Å²) in [5.41, 5.74) is 1.98. The molecule has 4 nitrogen and oxygen atoms in total. The van der Waals surface area contributed by atoms with Crippen LogP contribution in [0, 0.1) is 12.8 Å². The van der Waals surface area contributed by atoms with Crippen molar-refractivity contribution in [3.63, 3.8) is 0 Å². The van der Waals surface area contributed by atoms with E-state index in [4.69, 9.17) is 0 Å². The molecule has 2 heterocycles. The van der Waals surface area contributed by atoms with Gasteiger partial charge in [0, 0.05) is 17.6 Å². The molecule has 0 saturated heterocycles. The fraction of sp³-hybridized carbons (Fsp3) is 0.462. The summed E-state index contributed by atoms with van der Waals surface area (Å²) >= 11 is 1.70. The summed E-state index contributed by atoms with van der Waals surface area (Å²) in [4.78, 5) is 14.0. The average molecular weight is 262 g/mol. The fourth-order valence-electron chi connectivity index (χ4n) is 1.59. The van der Waals surface area contributed by atoms with Crippen LogP contribution >= 0.6 is 11.3 Å². The van der Waals surface area contributed by atoms with Gasteiger partial charge in [-0.3, -0.25) is 0 Å². The van der Waals surface area contributed by atoms with E-state index >= 15 is 0 Å². The van der Waals surface area contributed by atoms with E-state index in [1.807, 2.05) is 13.0 Å². The molecule has 0 spiro atoms. The van der Waals surface area contributed by atoms with Crippen LogP contribution in [0.15, 0.2) is 18.6 Å². The molecule has 2 aromatic heterocycles. The monoisotopic (exact) mass is 262 g/mol. The molecule has 0 fully saturated rings. The molecule has 18 heavy (non-hydrogen) atoms. The second-order valence-electron chi connectivity index (χ2n) is 4.65. The Kier molecular flexibility index (Phi) is 4.38. The summed E-state index contributed by atoms with van der Waals surface area (Å²) in [5, 5.41) is 4.41. The molecule has 0 radical (unpaired) electrons. The molecular formula is C13H18N4S. The zero-order chi connectivity index (χ0) is 13.0. The number of nitrogens with one attached hydrogen (secondary N) is 1. The van der Waals surface area contributed by atoms with Crippen molar-refractivity contribution >= 4 is 11.3 Å². The van der Waals surface area contributed by atoms with Gasteiger partial charge in [0.1, 0.15) is 17.0 Å². The second-order valence-corrected chi connectivity index (χ2v) is 5.73. The predicted molar refractivity (Wildman–Crippen MR) is 74.4 cm³/mol. The van der Waals surface area contributed by atoms with Gasteiger partial charge in [-0.25, -0.2) is 15.0 Å². The minimum Gasteiger partial charge on any atom is -0.312 e. The first-order valence-corrected chi connectivity index (χ1v) is 6.92. The molecule has 0 amide bonds. The lowest BCUT2D eigenvalue weighted by Crippen LogP contribution is -2.18. The Labute approximate surface area is 112 Å². The number of thiazole rings is 1. The molecule has 2 aromatic rings. The molecule has 0 atom stereocenters. The first-order valence-electron chi connectivity index (χ1n) is 6.10. The number of aromatic nitrogens is 3. The Balaban J connectivity index is 2.08. The quantitative estimate of drug-likeness (QED) is 0.900. The van der Waals surface area contributed by atoms with Crippen LogP contribution in [0.4, 0.5) is 0 Å². The molecule has 2 rings (SSSR count). The lowest BCUT2D eigenvalue weighted by atomic mass is 10.2. The lowest BCUT2D eigenvalue weighted by molar-refractivity contribution is 0.554. The van der Waals surface area contributed by atoms with Crippen molar-refractivity contribution in [1.82, 2.24) is 20.3 Å². The molecule has 0 aromatic carbocycles. The van der Waals surface area contributed by atoms with Crippen LogP contribution in [0.25, 0.3) is 10.7 Å². The molecule has 5 heteroatoms. The zero-order valence-corrected chi connectivity index (χ0v) is 11.8. The Morgan fingerprint density at radius 2 is 2.22 bits per heavy atom. The number of hydrogen-bond acceptors (Lipinski definition) is 5. The van der Waals surface area contributed by atoms with Gasteiger partial charge in [0.05, 0.1) is 5.69 Å². The first-order chi connectivity index (χ1) is 8.66. The van der Waals surface area contributed by atoms with Crippen LogP contribution in [0.1, 0.15) is 24.4 Å². The van der Waals surface area contributed by atoms with Crippen LogP contribution in [0.2, 0.25) is 0 Å². The van der Waals surface area contributed by atoms with Crippen molar-refractivity contribution in [3.8, 4) is 10.7 Å². The van der Waals surface area contributed by atoms with E-state index in [2.05, 4.69) is 34.1 Å². The molecule has 0 bridgehead atoms. The van der Waals surface area contributed by atoms with E-state index in [-0.39, 0.29) is 0 Å². The smallest absolute Gasteiger partial charge is 0.142 e. The van der Waals surface area contributed by atoms with Crippen LogP contribution in [-0.2, 0) is 6.54 Å². The van der Waals surface area contributed by atoms with Gasteiger partial charge in [0.2, 0.25) is 0 Å². The normalized spacial score (nSPS) is 11.1. The second kappa shape index (κ2) is 6.02. The van der Waals surface area contributed by atoms with E-state index in [0.29, 0.717) is 5.92 Å². The minimum atomic E-state index is 0.666. The third-order valence-corrected chi connectivity index (χ3v) is 3.71. The Hall–Kier alpha value is -1.33. The lowest BCUT2D eigenvalue weighted by Gasteiger charge is -2.05. The summed E-state index contributed by atoms with van der Waals surface area (Å²) in [5.74, 6) is 0.666. The molecule has 0 saturated carbocycles. The number of nitrogens with zero attached hydrogens (tertiary/aromatic N) is 3. The molecule has 0 aliphatic carbocycles. The maximum absolute atomic E-state index is 4.57. The Morgan fingerprint density at radius 3 is 2.89 bits per heavy atom. The van der Waals surface area contributed by atoms with Gasteiger partial charge >= 0.3 is 0 Å². The molecule has 1 N–H and O–H groups in total. The van der Waals surface area contributed by atoms with Gasteiger partial charge < -0.3 is 5.32 Å². The van der Waals surface area contributed by atoms with Gasteiger partial charge in [0.15, 0.2) is 0 Å². The topological polar surface area (TPSA) is 50.7 Å². The highest BCUT2D eigenvalue weighted by Crippen LogP contribution is 2.25. The summed E-state index contributed by atoms with van der Waals surface area (Å²) in [6.07, 6.45) is 3.30. The number of aryl methyl sites for hydroxylation is 1. The van der Waals surface area contributed by atoms with E-state index in [9.17, 15) is 0 Å². The standard InChI is InChI=1S/C13H18N4S/c1-9(2)6-15-7-12-10(3)17-13(18-12)11-4-5-14-8-16-11/h4-5,8-9,15H,6-7H2,1-3H3. The van der Waals surface area contributed by atoms with Crippen LogP contribution < -0.4 is 5.32 Å². The summed E-state index contributed by atoms with van der Waals surface area (Å²) in [6, 6.07) is 1.89. The third-order valence-electron chi connectivity index (χ3n) is 2.53. The summed E-state index contributed by atoms with van der Waals surface area (Å²) in [7, 11) is 0. The predicted octanol–water partition coefficient (Wildman–Crippen LogP) is 2.65. The van der Waals surface area contributed by atoms with E-state index < -0.39 is 0 Å². The van der Waals surface area contributed by atoms with Crippen molar-refractivity contribution in [2.24, 2.45) is 5.92 Å². The largest absolute Gasteiger partial charge is 0.312 e. The first kappa shape index (κ1) is 13.1. The van der Waals surface area contributed by atoms with Crippen molar-refractivity contribution in [1.29, 1.82) is 0 Å². The zero-order valence-electron chi connectivity index (χ0n) is 11.0. The van der Waals surface area contributed by atoms with Crippen molar-refractivity contribution in [3.05, 3.63) is 29.2 Å². The maximum Gasteiger partial charge on any atom is 0.142 e. The molecule has 0 aliphatic heterocycles. The van der Waals surface area contributed by atoms with Gasteiger partial charge in [-0.1, -0.05) is 13.8 Å². The fourth-order valence-corrected chi connectivity index (χ4v) is 2.60. The Bertz CT molecular complexity index is 493. The van der Waals surface area contributed by atoms with Gasteiger partial charge in [-0.15, -0.1) is 11.3 Å². The van der Waals surface area contributed by atoms with Crippen LogP contribution in [-0.4, -0.2) is 21.5 Å². The van der Waals surface area contributed by atoms with Crippen LogP contribution in [0.3, 0.4) is 0 Å². The Morgan fingerprint density at radius 1 is 1.39 bits per heavy atom. The third kappa shape index (κ3) is 3.34. The summed E-state index contributed by atoms with van der Waals surface area (Å²) in [6.45, 7) is 8.37. The van der Waals surface area contributed by atoms with E-state index in [1.54, 1.807) is 23.9 Å². The van der Waals surface area contributed by atoms with E-state index in [1.165, 1.54) is 4.88 Å². The molecule has 0 aliphatic rings.